The number of morpholine rings is 1. The zero-order valence-corrected chi connectivity index (χ0v) is 17.3. The number of nitrogens with zero attached hydrogens (tertiary/aromatic N) is 2. The molecule has 1 aromatic carbocycles. The Kier molecular flexibility index (Phi) is 6.20. The Hall–Kier alpha value is -1.18. The Bertz CT molecular complexity index is 788. The van der Waals surface area contributed by atoms with E-state index in [1.807, 2.05) is 5.38 Å². The Morgan fingerprint density at radius 1 is 1.31 bits per heavy atom. The minimum Gasteiger partial charge on any atom is -0.364 e. The molecule has 2 aromatic rings. The molecule has 8 heteroatoms. The number of benzene rings is 1. The fourth-order valence-electron chi connectivity index (χ4n) is 3.32. The Balaban J connectivity index is 1.79. The van der Waals surface area contributed by atoms with Gasteiger partial charge in [0.05, 0.1) is 15.7 Å². The first-order chi connectivity index (χ1) is 12.3. The van der Waals surface area contributed by atoms with E-state index in [4.69, 9.17) is 32.9 Å². The second-order valence-electron chi connectivity index (χ2n) is 6.67. The van der Waals surface area contributed by atoms with E-state index >= 15 is 0 Å². The molecule has 26 heavy (non-hydrogen) atoms. The molecule has 0 bridgehead atoms. The minimum absolute atomic E-state index is 0.120. The van der Waals surface area contributed by atoms with Crippen LogP contribution in [0.15, 0.2) is 23.6 Å². The number of carbonyl (C=O) groups is 1. The molecule has 0 radical (unpaired) electrons. The van der Waals surface area contributed by atoms with E-state index in [1.165, 1.54) is 23.2 Å². The maximum atomic E-state index is 12.2. The van der Waals surface area contributed by atoms with E-state index in [9.17, 15) is 4.79 Å². The third kappa shape index (κ3) is 4.56. The number of hydrogen-bond acceptors (Lipinski definition) is 4. The van der Waals surface area contributed by atoms with Crippen LogP contribution in [0.2, 0.25) is 10.0 Å². The lowest BCUT2D eigenvalue weighted by atomic mass is 10.2. The van der Waals surface area contributed by atoms with Gasteiger partial charge in [0.15, 0.2) is 5.13 Å². The van der Waals surface area contributed by atoms with Crippen molar-refractivity contribution < 1.29 is 14.4 Å². The van der Waals surface area contributed by atoms with Crippen molar-refractivity contribution in [2.24, 2.45) is 0 Å². The van der Waals surface area contributed by atoms with Crippen molar-refractivity contribution in [1.82, 2.24) is 4.98 Å². The number of rotatable bonds is 4. The van der Waals surface area contributed by atoms with E-state index in [0.29, 0.717) is 20.9 Å². The molecule has 1 aliphatic rings. The Morgan fingerprint density at radius 3 is 2.62 bits per heavy atom. The van der Waals surface area contributed by atoms with Crippen LogP contribution in [0.1, 0.15) is 26.5 Å². The van der Waals surface area contributed by atoms with Gasteiger partial charge in [-0.1, -0.05) is 23.2 Å². The number of nitrogens with one attached hydrogen (secondary N) is 1. The average Bonchev–Trinajstić information content (AvgIpc) is 2.97. The Morgan fingerprint density at radius 2 is 2.00 bits per heavy atom. The number of carbonyl (C=O) groups excluding carboxylic acids is 1. The lowest BCUT2D eigenvalue weighted by Gasteiger charge is -2.31. The summed E-state index contributed by atoms with van der Waals surface area (Å²) in [5.41, 5.74) is 1.64. The number of amides is 1. The van der Waals surface area contributed by atoms with Gasteiger partial charge in [-0.05, 0) is 32.0 Å². The third-order valence-electron chi connectivity index (χ3n) is 4.26. The second kappa shape index (κ2) is 8.23. The van der Waals surface area contributed by atoms with Crippen LogP contribution in [-0.2, 0) is 16.1 Å². The number of anilines is 2. The molecule has 2 heterocycles. The molecule has 0 saturated carbocycles. The summed E-state index contributed by atoms with van der Waals surface area (Å²) in [5, 5.41) is 3.52. The summed E-state index contributed by atoms with van der Waals surface area (Å²) in [6.45, 7) is 8.45. The van der Waals surface area contributed by atoms with E-state index in [-0.39, 0.29) is 18.1 Å². The maximum absolute atomic E-state index is 12.2. The summed E-state index contributed by atoms with van der Waals surface area (Å²) in [4.78, 5) is 19.9. The first-order valence-electron chi connectivity index (χ1n) is 8.52. The average molecular weight is 415 g/mol. The summed E-state index contributed by atoms with van der Waals surface area (Å²) < 4.78 is 5.79. The van der Waals surface area contributed by atoms with Crippen molar-refractivity contribution in [2.75, 3.05) is 18.0 Å². The van der Waals surface area contributed by atoms with Crippen LogP contribution in [0.4, 0.5) is 10.8 Å². The highest BCUT2D eigenvalue weighted by Gasteiger charge is 2.27. The molecule has 1 aromatic heterocycles. The van der Waals surface area contributed by atoms with Crippen LogP contribution in [0, 0.1) is 0 Å². The van der Waals surface area contributed by atoms with Crippen molar-refractivity contribution in [1.29, 1.82) is 0 Å². The van der Waals surface area contributed by atoms with Gasteiger partial charge in [0.1, 0.15) is 37.5 Å². The van der Waals surface area contributed by atoms with Crippen molar-refractivity contribution in [3.8, 4) is 0 Å². The van der Waals surface area contributed by atoms with Crippen LogP contribution >= 0.6 is 34.5 Å². The lowest BCUT2D eigenvalue weighted by molar-refractivity contribution is -0.928. The molecule has 1 N–H and O–H groups in total. The monoisotopic (exact) mass is 414 g/mol. The van der Waals surface area contributed by atoms with Gasteiger partial charge in [0, 0.05) is 12.3 Å². The minimum atomic E-state index is -0.120. The molecule has 1 aliphatic heterocycles. The molecule has 1 amide bonds. The first kappa shape index (κ1) is 19.6. The zero-order chi connectivity index (χ0) is 18.8. The van der Waals surface area contributed by atoms with Gasteiger partial charge in [-0.2, -0.15) is 0 Å². The van der Waals surface area contributed by atoms with Crippen LogP contribution in [0.3, 0.4) is 0 Å². The van der Waals surface area contributed by atoms with Gasteiger partial charge in [0.25, 0.3) is 0 Å². The number of hydrogen-bond donors (Lipinski definition) is 1. The quantitative estimate of drug-likeness (QED) is 0.834. The van der Waals surface area contributed by atoms with Crippen LogP contribution < -0.4 is 9.80 Å². The number of halogens is 2. The predicted octanol–water partition coefficient (Wildman–Crippen LogP) is 3.33. The molecule has 0 spiro atoms. The Labute approximate surface area is 167 Å². The summed E-state index contributed by atoms with van der Waals surface area (Å²) in [6, 6.07) is 5.14. The van der Waals surface area contributed by atoms with Gasteiger partial charge in [0.2, 0.25) is 5.91 Å². The van der Waals surface area contributed by atoms with Crippen molar-refractivity contribution in [2.45, 2.75) is 39.5 Å². The standard InChI is InChI=1S/C18H21Cl2N3O2S/c1-11-7-22(8-12(2)25-11)9-14-10-26-18(21-14)23(13(3)24)15-4-5-16(19)17(20)6-15/h4-6,10-12H,7-9H2,1-3H3/p+1/t11-,12-/m0/s1. The van der Waals surface area contributed by atoms with Crippen molar-refractivity contribution >= 4 is 51.3 Å². The highest BCUT2D eigenvalue weighted by atomic mass is 35.5. The lowest BCUT2D eigenvalue weighted by Crippen LogP contribution is -3.14. The highest BCUT2D eigenvalue weighted by molar-refractivity contribution is 7.14. The van der Waals surface area contributed by atoms with E-state index in [1.54, 1.807) is 23.1 Å². The van der Waals surface area contributed by atoms with Crippen LogP contribution in [0.25, 0.3) is 0 Å². The van der Waals surface area contributed by atoms with E-state index in [2.05, 4.69) is 13.8 Å². The molecule has 3 rings (SSSR count). The molecule has 5 nitrogen and oxygen atoms in total. The number of thiazole rings is 1. The number of aromatic nitrogens is 1. The fourth-order valence-corrected chi connectivity index (χ4v) is 4.50. The van der Waals surface area contributed by atoms with Crippen LogP contribution in [0.5, 0.6) is 0 Å². The first-order valence-corrected chi connectivity index (χ1v) is 10.2. The van der Waals surface area contributed by atoms with Crippen molar-refractivity contribution in [3.63, 3.8) is 0 Å². The maximum Gasteiger partial charge on any atom is 0.230 e. The molecule has 140 valence electrons. The summed E-state index contributed by atoms with van der Waals surface area (Å²) >= 11 is 13.5. The molecule has 0 unspecified atom stereocenters. The van der Waals surface area contributed by atoms with E-state index < -0.39 is 0 Å². The third-order valence-corrected chi connectivity index (χ3v) is 5.87. The van der Waals surface area contributed by atoms with Gasteiger partial charge in [-0.15, -0.1) is 11.3 Å². The summed E-state index contributed by atoms with van der Waals surface area (Å²) in [5.74, 6) is -0.120. The zero-order valence-electron chi connectivity index (χ0n) is 15.0. The van der Waals surface area contributed by atoms with Crippen LogP contribution in [-0.4, -0.2) is 36.2 Å². The highest BCUT2D eigenvalue weighted by Crippen LogP contribution is 2.33. The topological polar surface area (TPSA) is 46.9 Å². The predicted molar refractivity (Wildman–Crippen MR) is 106 cm³/mol. The second-order valence-corrected chi connectivity index (χ2v) is 8.32. The van der Waals surface area contributed by atoms with Gasteiger partial charge < -0.3 is 9.64 Å². The van der Waals surface area contributed by atoms with Gasteiger partial charge >= 0.3 is 0 Å². The molecule has 1 fully saturated rings. The SMILES string of the molecule is CC(=O)N(c1ccc(Cl)c(Cl)c1)c1nc(C[NH+]2C[C@H](C)O[C@@H](C)C2)cs1. The van der Waals surface area contributed by atoms with E-state index in [0.717, 1.165) is 25.3 Å². The molecule has 1 saturated heterocycles. The number of quaternary nitrogens is 1. The normalized spacial score (nSPS) is 23.0. The van der Waals surface area contributed by atoms with Crippen molar-refractivity contribution in [3.05, 3.63) is 39.3 Å². The largest absolute Gasteiger partial charge is 0.364 e. The summed E-state index contributed by atoms with van der Waals surface area (Å²) in [6.07, 6.45) is 0.494. The van der Waals surface area contributed by atoms with Gasteiger partial charge in [-0.25, -0.2) is 4.98 Å². The molecule has 0 aliphatic carbocycles. The van der Waals surface area contributed by atoms with Gasteiger partial charge in [-0.3, -0.25) is 9.69 Å². The smallest absolute Gasteiger partial charge is 0.230 e. The molecular formula is C18H22Cl2N3O2S+. The molecular weight excluding hydrogens is 393 g/mol. The fraction of sp³-hybridized carbons (Fsp3) is 0.444. The number of ether oxygens (including phenoxy) is 1. The molecule has 2 atom stereocenters. The summed E-state index contributed by atoms with van der Waals surface area (Å²) in [7, 11) is 0.